The second-order valence-electron chi connectivity index (χ2n) is 14.5. The Kier molecular flexibility index (Phi) is 9.02. The van der Waals surface area contributed by atoms with Gasteiger partial charge in [0.2, 0.25) is 0 Å². The van der Waals surface area contributed by atoms with Crippen molar-refractivity contribution >= 4 is 43.6 Å². The zero-order valence-electron chi connectivity index (χ0n) is 31.2. The van der Waals surface area contributed by atoms with Gasteiger partial charge in [0.15, 0.2) is 0 Å². The average molecular weight is 858 g/mol. The molecule has 0 saturated carbocycles. The topological polar surface area (TPSA) is 33.6 Å². The van der Waals surface area contributed by atoms with Gasteiger partial charge in [-0.15, -0.1) is 0 Å². The van der Waals surface area contributed by atoms with Gasteiger partial charge in [0.1, 0.15) is 0 Å². The van der Waals surface area contributed by atoms with E-state index in [1.807, 2.05) is 6.07 Å². The monoisotopic (exact) mass is 857 g/mol. The van der Waals surface area contributed by atoms with E-state index >= 15 is 0 Å². The molecule has 0 bridgehead atoms. The van der Waals surface area contributed by atoms with Crippen LogP contribution in [0.15, 0.2) is 140 Å². The van der Waals surface area contributed by atoms with E-state index in [0.717, 1.165) is 42.5 Å². The number of rotatable bonds is 4. The van der Waals surface area contributed by atoms with Crippen molar-refractivity contribution in [2.75, 3.05) is 0 Å². The molecule has 0 amide bonds. The van der Waals surface area contributed by atoms with E-state index in [4.69, 9.17) is 0 Å². The minimum atomic E-state index is -5.27. The first-order valence-electron chi connectivity index (χ1n) is 18.4. The van der Waals surface area contributed by atoms with E-state index in [1.165, 1.54) is 47.0 Å². The molecule has 0 aliphatic rings. The lowest BCUT2D eigenvalue weighted by Crippen LogP contribution is -2.14. The first-order chi connectivity index (χ1) is 29.3. The summed E-state index contributed by atoms with van der Waals surface area (Å²) in [5, 5.41) is 11.1. The number of para-hydroxylation sites is 2. The lowest BCUT2D eigenvalue weighted by atomic mass is 9.90. The lowest BCUT2D eigenvalue weighted by molar-refractivity contribution is -0.142. The minimum absolute atomic E-state index is 0.0534. The molecule has 0 N–H and O–H groups in total. The van der Waals surface area contributed by atoms with Gasteiger partial charge < -0.3 is 9.13 Å². The summed E-state index contributed by atoms with van der Waals surface area (Å²) in [4.78, 5) is 0. The van der Waals surface area contributed by atoms with Crippen LogP contribution in [0.4, 0.5) is 52.7 Å². The summed E-state index contributed by atoms with van der Waals surface area (Å²) in [5.74, 6) is 0. The molecule has 0 spiro atoms. The third-order valence-corrected chi connectivity index (χ3v) is 10.9. The Morgan fingerprint density at radius 2 is 0.871 bits per heavy atom. The molecule has 0 saturated heterocycles. The number of nitriles is 1. The highest BCUT2D eigenvalue weighted by Crippen LogP contribution is 2.48. The lowest BCUT2D eigenvalue weighted by Gasteiger charge is -2.22. The average Bonchev–Trinajstić information content (AvgIpc) is 3.74. The molecule has 2 aromatic heterocycles. The number of halogens is 12. The normalized spacial score (nSPS) is 12.8. The van der Waals surface area contributed by atoms with Crippen molar-refractivity contribution in [3.8, 4) is 39.7 Å². The molecular formula is C47H23F12N3. The number of hydrogen-bond donors (Lipinski definition) is 0. The van der Waals surface area contributed by atoms with Gasteiger partial charge in [0, 0.05) is 38.2 Å². The van der Waals surface area contributed by atoms with Crippen molar-refractivity contribution in [3.63, 3.8) is 0 Å². The summed E-state index contributed by atoms with van der Waals surface area (Å²) in [6.45, 7) is 0. The number of fused-ring (bicyclic) bond motifs is 6. The molecule has 15 heteroatoms. The van der Waals surface area contributed by atoms with Crippen LogP contribution in [0.3, 0.4) is 0 Å². The fraction of sp³-hybridized carbons (Fsp3) is 0.0851. The zero-order valence-corrected chi connectivity index (χ0v) is 31.2. The fourth-order valence-electron chi connectivity index (χ4n) is 8.27. The molecule has 62 heavy (non-hydrogen) atoms. The van der Waals surface area contributed by atoms with E-state index in [9.17, 15) is 57.9 Å². The minimum Gasteiger partial charge on any atom is -0.309 e. The van der Waals surface area contributed by atoms with Crippen LogP contribution in [0.2, 0.25) is 0 Å². The van der Waals surface area contributed by atoms with Crippen LogP contribution >= 0.6 is 0 Å². The second kappa shape index (κ2) is 13.9. The van der Waals surface area contributed by atoms with Gasteiger partial charge in [-0.1, -0.05) is 54.6 Å². The van der Waals surface area contributed by atoms with Gasteiger partial charge in [-0.25, -0.2) is 0 Å². The molecule has 7 aromatic carbocycles. The molecular weight excluding hydrogens is 835 g/mol. The van der Waals surface area contributed by atoms with Crippen LogP contribution in [-0.2, 0) is 24.7 Å². The Bertz CT molecular complexity index is 3290. The summed E-state index contributed by atoms with van der Waals surface area (Å²) in [5.41, 5.74) is -5.38. The summed E-state index contributed by atoms with van der Waals surface area (Å²) >= 11 is 0. The van der Waals surface area contributed by atoms with Gasteiger partial charge in [-0.3, -0.25) is 0 Å². The first-order valence-corrected chi connectivity index (χ1v) is 18.4. The zero-order chi connectivity index (χ0) is 44.1. The predicted octanol–water partition coefficient (Wildman–Crippen LogP) is 15.2. The SMILES string of the molecule is N#Cc1ccc(-n2c3ccccc3c3cc(C(F)(F)F)ccc32)c(-c2ccc(-c3c(C(F)(F)F)cccc3C(F)(F)F)cc2-n2c3ccccc3c3cc(C(F)(F)F)ccc32)c1. The van der Waals surface area contributed by atoms with Crippen LogP contribution in [-0.4, -0.2) is 9.13 Å². The molecule has 0 radical (unpaired) electrons. The largest absolute Gasteiger partial charge is 0.417 e. The van der Waals surface area contributed by atoms with Crippen molar-refractivity contribution in [3.05, 3.63) is 167 Å². The van der Waals surface area contributed by atoms with Crippen LogP contribution in [0.25, 0.3) is 77.2 Å². The Balaban J connectivity index is 1.44. The van der Waals surface area contributed by atoms with E-state index in [1.54, 1.807) is 41.0 Å². The highest BCUT2D eigenvalue weighted by Gasteiger charge is 2.41. The first kappa shape index (κ1) is 40.2. The van der Waals surface area contributed by atoms with Crippen LogP contribution < -0.4 is 0 Å². The molecule has 2 heterocycles. The Labute approximate surface area is 341 Å². The summed E-state index contributed by atoms with van der Waals surface area (Å²) in [7, 11) is 0. The maximum Gasteiger partial charge on any atom is 0.417 e. The molecule has 0 aliphatic heterocycles. The van der Waals surface area contributed by atoms with Gasteiger partial charge in [-0.05, 0) is 90.5 Å². The Hall–Kier alpha value is -7.21. The number of benzene rings is 7. The molecule has 0 unspecified atom stereocenters. The predicted molar refractivity (Wildman–Crippen MR) is 211 cm³/mol. The van der Waals surface area contributed by atoms with Gasteiger partial charge in [0.05, 0.1) is 67.3 Å². The highest BCUT2D eigenvalue weighted by atomic mass is 19.4. The molecule has 0 fully saturated rings. The number of aromatic nitrogens is 2. The van der Waals surface area contributed by atoms with Crippen molar-refractivity contribution < 1.29 is 52.7 Å². The van der Waals surface area contributed by atoms with Crippen molar-refractivity contribution in [1.29, 1.82) is 5.26 Å². The Morgan fingerprint density at radius 3 is 1.35 bits per heavy atom. The summed E-state index contributed by atoms with van der Waals surface area (Å²) in [6, 6.07) is 30.2. The standard InChI is InChI=1S/C47H23F12N3/c48-44(49,50)27-14-18-40-33(22-27)29-6-1-3-10-37(29)61(40)39-17-12-25(24-60)20-32(39)31-16-13-26(43-35(46(54,55)56)8-5-9-36(43)47(57,58)59)21-42(31)62-38-11-4-2-7-30(38)34-23-28(45(51,52)53)15-19-41(34)62/h1-23H. The van der Waals surface area contributed by atoms with Crippen LogP contribution in [0.1, 0.15) is 27.8 Å². The molecule has 9 aromatic rings. The molecule has 9 rings (SSSR count). The van der Waals surface area contributed by atoms with Crippen LogP contribution in [0, 0.1) is 11.3 Å². The van der Waals surface area contributed by atoms with E-state index in [0.29, 0.717) is 29.1 Å². The van der Waals surface area contributed by atoms with Crippen molar-refractivity contribution in [2.45, 2.75) is 24.7 Å². The summed E-state index contributed by atoms with van der Waals surface area (Å²) in [6.07, 6.45) is -20.0. The number of alkyl halides is 12. The maximum atomic E-state index is 14.6. The molecule has 3 nitrogen and oxygen atoms in total. The third kappa shape index (κ3) is 6.57. The Morgan fingerprint density at radius 1 is 0.387 bits per heavy atom. The molecule has 0 aliphatic carbocycles. The highest BCUT2D eigenvalue weighted by molar-refractivity contribution is 6.12. The number of nitrogens with zero attached hydrogens (tertiary/aromatic N) is 3. The maximum absolute atomic E-state index is 14.6. The quantitative estimate of drug-likeness (QED) is 0.162. The third-order valence-electron chi connectivity index (χ3n) is 10.9. The van der Waals surface area contributed by atoms with Gasteiger partial charge >= 0.3 is 24.7 Å². The van der Waals surface area contributed by atoms with Crippen molar-refractivity contribution in [1.82, 2.24) is 9.13 Å². The van der Waals surface area contributed by atoms with Gasteiger partial charge in [0.25, 0.3) is 0 Å². The fourth-order valence-corrected chi connectivity index (χ4v) is 8.27. The second-order valence-corrected chi connectivity index (χ2v) is 14.5. The van der Waals surface area contributed by atoms with Crippen molar-refractivity contribution in [2.24, 2.45) is 0 Å². The smallest absolute Gasteiger partial charge is 0.309 e. The van der Waals surface area contributed by atoms with E-state index < -0.39 is 58.1 Å². The molecule has 0 atom stereocenters. The summed E-state index contributed by atoms with van der Waals surface area (Å²) < 4.78 is 175. The van der Waals surface area contributed by atoms with E-state index in [2.05, 4.69) is 0 Å². The van der Waals surface area contributed by atoms with Gasteiger partial charge in [-0.2, -0.15) is 57.9 Å². The molecule has 310 valence electrons. The van der Waals surface area contributed by atoms with E-state index in [-0.39, 0.29) is 60.8 Å². The van der Waals surface area contributed by atoms with Crippen LogP contribution in [0.5, 0.6) is 0 Å². The number of hydrogen-bond acceptors (Lipinski definition) is 1.